The summed E-state index contributed by atoms with van der Waals surface area (Å²) in [5, 5.41) is 8.94. The van der Waals surface area contributed by atoms with Crippen LogP contribution in [0.3, 0.4) is 0 Å². The highest BCUT2D eigenvalue weighted by Gasteiger charge is 2.74. The molecule has 1 rings (SSSR count). The Morgan fingerprint density at radius 2 is 1.83 bits per heavy atom. The Labute approximate surface area is 71.8 Å². The van der Waals surface area contributed by atoms with Crippen molar-refractivity contribution in [3.8, 4) is 0 Å². The Hall–Kier alpha value is -0.600. The van der Waals surface area contributed by atoms with Gasteiger partial charge in [-0.05, 0) is 25.7 Å². The molecule has 2 nitrogen and oxygen atoms in total. The van der Waals surface area contributed by atoms with Crippen LogP contribution < -0.4 is 0 Å². The van der Waals surface area contributed by atoms with Gasteiger partial charge in [-0.15, -0.1) is 0 Å². The lowest BCUT2D eigenvalue weighted by Gasteiger charge is -2.26. The van der Waals surface area contributed by atoms with Crippen LogP contribution in [0.2, 0.25) is 0 Å². The molecule has 1 fully saturated rings. The molecule has 1 saturated carbocycles. The summed E-state index contributed by atoms with van der Waals surface area (Å²) in [6.45, 7) is 6.27. The summed E-state index contributed by atoms with van der Waals surface area (Å²) >= 11 is 0. The van der Waals surface area contributed by atoms with E-state index in [2.05, 4.69) is 0 Å². The molecule has 3 heteroatoms. The topological polar surface area (TPSA) is 37.3 Å². The summed E-state index contributed by atoms with van der Waals surface area (Å²) in [6.07, 6.45) is 0.429. The first kappa shape index (κ1) is 9.49. The van der Waals surface area contributed by atoms with Gasteiger partial charge in [0.05, 0.1) is 0 Å². The molecule has 0 radical (unpaired) electrons. The van der Waals surface area contributed by atoms with Gasteiger partial charge in [0.2, 0.25) is 0 Å². The van der Waals surface area contributed by atoms with E-state index in [0.29, 0.717) is 6.42 Å². The van der Waals surface area contributed by atoms with Gasteiger partial charge in [-0.25, -0.2) is 4.39 Å². The number of hydrogen-bond acceptors (Lipinski definition) is 1. The number of rotatable bonds is 2. The zero-order valence-electron chi connectivity index (χ0n) is 7.94. The minimum atomic E-state index is -1.64. The van der Waals surface area contributed by atoms with Gasteiger partial charge in [-0.3, -0.25) is 4.79 Å². The molecule has 0 aromatic rings. The van der Waals surface area contributed by atoms with Crippen LogP contribution in [0.4, 0.5) is 4.39 Å². The molecule has 1 aliphatic rings. The molecule has 0 aliphatic heterocycles. The summed E-state index contributed by atoms with van der Waals surface area (Å²) in [5.41, 5.74) is -3.21. The lowest BCUT2D eigenvalue weighted by molar-refractivity contribution is -0.151. The first-order valence-corrected chi connectivity index (χ1v) is 4.07. The fraction of sp³-hybridized carbons (Fsp3) is 0.889. The second kappa shape index (κ2) is 2.01. The predicted octanol–water partition coefficient (Wildman–Crippen LogP) is 2.24. The second-order valence-corrected chi connectivity index (χ2v) is 4.74. The number of alkyl halides is 1. The highest BCUT2D eigenvalue weighted by Crippen LogP contribution is 2.69. The highest BCUT2D eigenvalue weighted by molar-refractivity contribution is 5.81. The Morgan fingerprint density at radius 3 is 1.83 bits per heavy atom. The molecule has 1 unspecified atom stereocenters. The maximum absolute atomic E-state index is 13.6. The molecule has 1 aliphatic carbocycles. The lowest BCUT2D eigenvalue weighted by atomic mass is 9.82. The third kappa shape index (κ3) is 0.883. The van der Waals surface area contributed by atoms with Gasteiger partial charge < -0.3 is 5.11 Å². The molecule has 0 spiro atoms. The number of carboxylic acids is 1. The van der Waals surface area contributed by atoms with E-state index < -0.39 is 22.5 Å². The molecule has 70 valence electrons. The van der Waals surface area contributed by atoms with Crippen molar-refractivity contribution in [2.75, 3.05) is 0 Å². The van der Waals surface area contributed by atoms with Crippen molar-refractivity contribution in [1.82, 2.24) is 0 Å². The van der Waals surface area contributed by atoms with Crippen molar-refractivity contribution in [2.45, 2.75) is 39.8 Å². The first-order valence-electron chi connectivity index (χ1n) is 4.07. The molecule has 0 saturated heterocycles. The van der Waals surface area contributed by atoms with Crippen LogP contribution in [0.25, 0.3) is 0 Å². The molecule has 0 aromatic heterocycles. The third-order valence-corrected chi connectivity index (χ3v) is 3.12. The summed E-state index contributed by atoms with van der Waals surface area (Å²) in [7, 11) is 0. The van der Waals surface area contributed by atoms with Gasteiger partial charge in [0, 0.05) is 0 Å². The van der Waals surface area contributed by atoms with Crippen molar-refractivity contribution < 1.29 is 14.3 Å². The van der Waals surface area contributed by atoms with Crippen molar-refractivity contribution in [3.05, 3.63) is 0 Å². The van der Waals surface area contributed by atoms with Gasteiger partial charge >= 0.3 is 5.97 Å². The quantitative estimate of drug-likeness (QED) is 0.697. The fourth-order valence-electron chi connectivity index (χ4n) is 2.25. The molecule has 0 heterocycles. The zero-order chi connectivity index (χ0) is 9.78. The van der Waals surface area contributed by atoms with E-state index >= 15 is 0 Å². The molecule has 0 bridgehead atoms. The molecule has 0 amide bonds. The fourth-order valence-corrected chi connectivity index (χ4v) is 2.25. The number of carboxylic acid groups (broad SMARTS) is 1. The minimum Gasteiger partial charge on any atom is -0.481 e. The van der Waals surface area contributed by atoms with Gasteiger partial charge in [-0.1, -0.05) is 13.8 Å². The van der Waals surface area contributed by atoms with Gasteiger partial charge in [0.25, 0.3) is 0 Å². The largest absolute Gasteiger partial charge is 0.481 e. The van der Waals surface area contributed by atoms with Gasteiger partial charge in [0.1, 0.15) is 11.1 Å². The van der Waals surface area contributed by atoms with Crippen LogP contribution >= 0.6 is 0 Å². The van der Waals surface area contributed by atoms with Crippen LogP contribution in [0, 0.1) is 10.8 Å². The molecule has 12 heavy (non-hydrogen) atoms. The monoisotopic (exact) mass is 174 g/mol. The number of carbonyl (C=O) groups is 1. The van der Waals surface area contributed by atoms with E-state index in [0.717, 1.165) is 0 Å². The number of halogens is 1. The average molecular weight is 174 g/mol. The van der Waals surface area contributed by atoms with Crippen LogP contribution in [0.15, 0.2) is 0 Å². The van der Waals surface area contributed by atoms with E-state index in [-0.39, 0.29) is 0 Å². The molecule has 1 N–H and O–H groups in total. The van der Waals surface area contributed by atoms with Crippen molar-refractivity contribution in [3.63, 3.8) is 0 Å². The standard InChI is InChI=1S/C9H15FO2/c1-7(2)5-9(7,6(11)12)8(3,4)10/h5H2,1-4H3,(H,11,12). The van der Waals surface area contributed by atoms with E-state index in [1.54, 1.807) is 13.8 Å². The summed E-state index contributed by atoms with van der Waals surface area (Å²) in [5.74, 6) is -1.01. The second-order valence-electron chi connectivity index (χ2n) is 4.74. The molecule has 1 atom stereocenters. The van der Waals surface area contributed by atoms with Crippen LogP contribution in [-0.2, 0) is 4.79 Å². The molecule has 0 aromatic carbocycles. The van der Waals surface area contributed by atoms with Crippen LogP contribution in [0.1, 0.15) is 34.1 Å². The first-order chi connectivity index (χ1) is 5.15. The number of hydrogen-bond donors (Lipinski definition) is 1. The highest BCUT2D eigenvalue weighted by atomic mass is 19.1. The van der Waals surface area contributed by atoms with Gasteiger partial charge in [0.15, 0.2) is 0 Å². The number of aliphatic carboxylic acids is 1. The van der Waals surface area contributed by atoms with E-state index in [9.17, 15) is 9.18 Å². The lowest BCUT2D eigenvalue weighted by Crippen LogP contribution is -2.38. The normalized spacial score (nSPS) is 33.1. The SMILES string of the molecule is CC(C)(F)C1(C(=O)O)CC1(C)C. The van der Waals surface area contributed by atoms with Crippen LogP contribution in [-0.4, -0.2) is 16.7 Å². The predicted molar refractivity (Wildman–Crippen MR) is 43.7 cm³/mol. The minimum absolute atomic E-state index is 0.406. The average Bonchev–Trinajstić information content (AvgIpc) is 2.33. The zero-order valence-corrected chi connectivity index (χ0v) is 7.94. The van der Waals surface area contributed by atoms with Gasteiger partial charge in [-0.2, -0.15) is 0 Å². The van der Waals surface area contributed by atoms with E-state index in [1.807, 2.05) is 0 Å². The Bertz CT molecular complexity index is 227. The Balaban J connectivity index is 3.03. The summed E-state index contributed by atoms with van der Waals surface area (Å²) in [6, 6.07) is 0. The smallest absolute Gasteiger partial charge is 0.313 e. The van der Waals surface area contributed by atoms with Crippen molar-refractivity contribution >= 4 is 5.97 Å². The maximum atomic E-state index is 13.6. The third-order valence-electron chi connectivity index (χ3n) is 3.12. The van der Waals surface area contributed by atoms with Crippen LogP contribution in [0.5, 0.6) is 0 Å². The van der Waals surface area contributed by atoms with E-state index in [4.69, 9.17) is 5.11 Å². The van der Waals surface area contributed by atoms with Crippen molar-refractivity contribution in [1.29, 1.82) is 0 Å². The molecular formula is C9H15FO2. The Kier molecular flexibility index (Phi) is 1.59. The molecular weight excluding hydrogens is 159 g/mol. The Morgan fingerprint density at radius 1 is 1.50 bits per heavy atom. The van der Waals surface area contributed by atoms with E-state index in [1.165, 1.54) is 13.8 Å². The summed E-state index contributed by atoms with van der Waals surface area (Å²) in [4.78, 5) is 10.9. The van der Waals surface area contributed by atoms with Crippen molar-refractivity contribution in [2.24, 2.45) is 10.8 Å². The maximum Gasteiger partial charge on any atom is 0.313 e. The summed E-state index contributed by atoms with van der Waals surface area (Å²) < 4.78 is 13.6.